The van der Waals surface area contributed by atoms with E-state index in [2.05, 4.69) is 10.6 Å². The molecule has 1 aliphatic rings. The second-order valence-electron chi connectivity index (χ2n) is 6.59. The standard InChI is InChI=1S/C15H30N2O3S/c1-5-21(19)10-9-16-12-7-6-8-13(11-12)17-14(18)20-15(2,3)4/h12-13,16H,5-11H2,1-4H3,(H,17,18). The van der Waals surface area contributed by atoms with Crippen LogP contribution in [0.3, 0.4) is 0 Å². The zero-order valence-electron chi connectivity index (χ0n) is 13.7. The minimum atomic E-state index is -0.713. The quantitative estimate of drug-likeness (QED) is 0.788. The van der Waals surface area contributed by atoms with Crippen molar-refractivity contribution < 1.29 is 13.7 Å². The van der Waals surface area contributed by atoms with Gasteiger partial charge in [-0.3, -0.25) is 4.21 Å². The van der Waals surface area contributed by atoms with Gasteiger partial charge in [0.05, 0.1) is 0 Å². The molecule has 0 saturated heterocycles. The highest BCUT2D eigenvalue weighted by Gasteiger charge is 2.25. The molecular formula is C15H30N2O3S. The van der Waals surface area contributed by atoms with Crippen molar-refractivity contribution in [3.05, 3.63) is 0 Å². The summed E-state index contributed by atoms with van der Waals surface area (Å²) >= 11 is 0. The van der Waals surface area contributed by atoms with E-state index in [-0.39, 0.29) is 12.1 Å². The van der Waals surface area contributed by atoms with E-state index in [1.54, 1.807) is 0 Å². The number of ether oxygens (including phenoxy) is 1. The molecule has 3 atom stereocenters. The molecule has 1 aliphatic carbocycles. The van der Waals surface area contributed by atoms with Crippen LogP contribution in [-0.2, 0) is 15.5 Å². The van der Waals surface area contributed by atoms with Crippen LogP contribution in [-0.4, -0.2) is 46.0 Å². The van der Waals surface area contributed by atoms with Gasteiger partial charge in [0.2, 0.25) is 0 Å². The molecule has 0 heterocycles. The van der Waals surface area contributed by atoms with Gasteiger partial charge >= 0.3 is 6.09 Å². The van der Waals surface area contributed by atoms with Crippen molar-refractivity contribution in [1.29, 1.82) is 0 Å². The molecule has 124 valence electrons. The van der Waals surface area contributed by atoms with Gasteiger partial charge in [-0.2, -0.15) is 0 Å². The Balaban J connectivity index is 2.28. The van der Waals surface area contributed by atoms with E-state index in [9.17, 15) is 9.00 Å². The molecule has 3 unspecified atom stereocenters. The summed E-state index contributed by atoms with van der Waals surface area (Å²) in [6.07, 6.45) is 3.79. The highest BCUT2D eigenvalue weighted by molar-refractivity contribution is 7.84. The molecule has 2 N–H and O–H groups in total. The molecule has 0 spiro atoms. The van der Waals surface area contributed by atoms with Crippen molar-refractivity contribution in [2.24, 2.45) is 0 Å². The number of carbonyl (C=O) groups is 1. The van der Waals surface area contributed by atoms with Gasteiger partial charge in [-0.05, 0) is 46.5 Å². The fourth-order valence-electron chi connectivity index (χ4n) is 2.50. The van der Waals surface area contributed by atoms with Crippen molar-refractivity contribution in [2.75, 3.05) is 18.1 Å². The highest BCUT2D eigenvalue weighted by Crippen LogP contribution is 2.19. The van der Waals surface area contributed by atoms with Gasteiger partial charge in [-0.1, -0.05) is 6.92 Å². The number of alkyl carbamates (subject to hydrolysis) is 1. The monoisotopic (exact) mass is 318 g/mol. The number of amides is 1. The normalized spacial score (nSPS) is 24.4. The Morgan fingerprint density at radius 1 is 1.29 bits per heavy atom. The lowest BCUT2D eigenvalue weighted by atomic mass is 9.91. The molecule has 1 fully saturated rings. The topological polar surface area (TPSA) is 67.4 Å². The summed E-state index contributed by atoms with van der Waals surface area (Å²) in [6, 6.07) is 0.565. The Hall–Kier alpha value is -0.620. The smallest absolute Gasteiger partial charge is 0.407 e. The second kappa shape index (κ2) is 8.73. The summed E-state index contributed by atoms with van der Waals surface area (Å²) in [5.41, 5.74) is -0.458. The molecule has 0 aromatic rings. The average Bonchev–Trinajstić information content (AvgIpc) is 2.36. The third kappa shape index (κ3) is 8.41. The van der Waals surface area contributed by atoms with E-state index in [1.165, 1.54) is 0 Å². The Bertz CT molecular complexity index is 355. The van der Waals surface area contributed by atoms with E-state index in [0.717, 1.165) is 38.0 Å². The Labute approximate surface area is 131 Å². The van der Waals surface area contributed by atoms with Crippen LogP contribution in [0.25, 0.3) is 0 Å². The van der Waals surface area contributed by atoms with Gasteiger partial charge < -0.3 is 15.4 Å². The summed E-state index contributed by atoms with van der Waals surface area (Å²) < 4.78 is 16.7. The molecule has 0 aromatic carbocycles. The van der Waals surface area contributed by atoms with Crippen LogP contribution in [0.15, 0.2) is 0 Å². The highest BCUT2D eigenvalue weighted by atomic mass is 32.2. The number of hydrogen-bond acceptors (Lipinski definition) is 4. The van der Waals surface area contributed by atoms with Crippen molar-refractivity contribution in [3.63, 3.8) is 0 Å². The van der Waals surface area contributed by atoms with Gasteiger partial charge in [0.1, 0.15) is 5.60 Å². The Morgan fingerprint density at radius 3 is 2.57 bits per heavy atom. The van der Waals surface area contributed by atoms with Gasteiger partial charge in [-0.25, -0.2) is 4.79 Å². The number of hydrogen-bond donors (Lipinski definition) is 2. The molecular weight excluding hydrogens is 288 g/mol. The summed E-state index contributed by atoms with van der Waals surface area (Å²) in [7, 11) is -0.713. The van der Waals surface area contributed by atoms with Gasteiger partial charge in [0.15, 0.2) is 0 Å². The molecule has 1 saturated carbocycles. The molecule has 0 bridgehead atoms. The number of rotatable bonds is 6. The first-order valence-electron chi connectivity index (χ1n) is 7.88. The van der Waals surface area contributed by atoms with Crippen molar-refractivity contribution >= 4 is 16.9 Å². The van der Waals surface area contributed by atoms with Crippen LogP contribution in [0.5, 0.6) is 0 Å². The molecule has 0 radical (unpaired) electrons. The molecule has 0 aliphatic heterocycles. The van der Waals surface area contributed by atoms with Gasteiger partial charge in [0.25, 0.3) is 0 Å². The zero-order valence-corrected chi connectivity index (χ0v) is 14.6. The lowest BCUT2D eigenvalue weighted by Crippen LogP contribution is -2.46. The lowest BCUT2D eigenvalue weighted by molar-refractivity contribution is 0.0489. The van der Waals surface area contributed by atoms with Crippen molar-refractivity contribution in [1.82, 2.24) is 10.6 Å². The predicted octanol–water partition coefficient (Wildman–Crippen LogP) is 2.18. The zero-order chi connectivity index (χ0) is 15.9. The first-order valence-corrected chi connectivity index (χ1v) is 9.37. The second-order valence-corrected chi connectivity index (χ2v) is 8.46. The first kappa shape index (κ1) is 18.4. The van der Waals surface area contributed by atoms with E-state index in [1.807, 2.05) is 27.7 Å². The van der Waals surface area contributed by atoms with Gasteiger partial charge in [-0.15, -0.1) is 0 Å². The number of carbonyl (C=O) groups excluding carboxylic acids is 1. The minimum Gasteiger partial charge on any atom is -0.444 e. The Kier molecular flexibility index (Phi) is 7.66. The third-order valence-electron chi connectivity index (χ3n) is 3.48. The maximum absolute atomic E-state index is 11.8. The molecule has 6 heteroatoms. The van der Waals surface area contributed by atoms with Crippen LogP contribution in [0.1, 0.15) is 53.4 Å². The predicted molar refractivity (Wildman–Crippen MR) is 87.0 cm³/mol. The SMILES string of the molecule is CCS(=O)CCNC1CCCC(NC(=O)OC(C)(C)C)C1. The fourth-order valence-corrected chi connectivity index (χ4v) is 3.14. The fraction of sp³-hybridized carbons (Fsp3) is 0.933. The molecule has 21 heavy (non-hydrogen) atoms. The summed E-state index contributed by atoms with van der Waals surface area (Å²) in [6.45, 7) is 8.32. The maximum Gasteiger partial charge on any atom is 0.407 e. The van der Waals surface area contributed by atoms with Gasteiger partial charge in [0, 0.05) is 40.9 Å². The molecule has 1 amide bonds. The largest absolute Gasteiger partial charge is 0.444 e. The van der Waals surface area contributed by atoms with E-state index < -0.39 is 16.4 Å². The van der Waals surface area contributed by atoms with E-state index in [4.69, 9.17) is 4.74 Å². The van der Waals surface area contributed by atoms with Crippen LogP contribution in [0.2, 0.25) is 0 Å². The van der Waals surface area contributed by atoms with Crippen molar-refractivity contribution in [3.8, 4) is 0 Å². The Morgan fingerprint density at radius 2 is 1.95 bits per heavy atom. The van der Waals surface area contributed by atoms with Crippen LogP contribution < -0.4 is 10.6 Å². The van der Waals surface area contributed by atoms with Crippen LogP contribution in [0.4, 0.5) is 4.79 Å². The first-order chi connectivity index (χ1) is 9.80. The summed E-state index contributed by atoms with van der Waals surface area (Å²) in [5, 5.41) is 6.41. The lowest BCUT2D eigenvalue weighted by Gasteiger charge is -2.31. The molecule has 0 aromatic heterocycles. The molecule has 1 rings (SSSR count). The maximum atomic E-state index is 11.8. The summed E-state index contributed by atoms with van der Waals surface area (Å²) in [5.74, 6) is 1.42. The summed E-state index contributed by atoms with van der Waals surface area (Å²) in [4.78, 5) is 11.8. The number of nitrogens with one attached hydrogen (secondary N) is 2. The van der Waals surface area contributed by atoms with Crippen LogP contribution in [0, 0.1) is 0 Å². The molecule has 5 nitrogen and oxygen atoms in total. The van der Waals surface area contributed by atoms with Crippen LogP contribution >= 0.6 is 0 Å². The van der Waals surface area contributed by atoms with E-state index >= 15 is 0 Å². The average molecular weight is 318 g/mol. The van der Waals surface area contributed by atoms with Crippen molar-refractivity contribution in [2.45, 2.75) is 71.1 Å². The van der Waals surface area contributed by atoms with E-state index in [0.29, 0.717) is 11.8 Å². The minimum absolute atomic E-state index is 0.169. The third-order valence-corrected chi connectivity index (χ3v) is 4.78.